The van der Waals surface area contributed by atoms with Crippen molar-refractivity contribution in [3.8, 4) is 11.5 Å². The van der Waals surface area contributed by atoms with E-state index in [4.69, 9.17) is 14.2 Å². The molecule has 0 N–H and O–H groups in total. The van der Waals surface area contributed by atoms with Gasteiger partial charge in [-0.2, -0.15) is 0 Å². The van der Waals surface area contributed by atoms with E-state index in [9.17, 15) is 0 Å². The lowest BCUT2D eigenvalue weighted by Gasteiger charge is -2.18. The highest BCUT2D eigenvalue weighted by molar-refractivity contribution is 9.12. The summed E-state index contributed by atoms with van der Waals surface area (Å²) < 4.78 is 22.0. The van der Waals surface area contributed by atoms with Crippen molar-refractivity contribution in [2.75, 3.05) is 30.5 Å². The van der Waals surface area contributed by atoms with Crippen LogP contribution in [0.3, 0.4) is 0 Å². The van der Waals surface area contributed by atoms with Crippen molar-refractivity contribution in [1.29, 1.82) is 0 Å². The van der Waals surface area contributed by atoms with Gasteiger partial charge in [-0.25, -0.2) is 0 Å². The van der Waals surface area contributed by atoms with Crippen LogP contribution in [0, 0.1) is 0 Å². The number of benzene rings is 2. The Balaban J connectivity index is 1.80. The molecule has 3 nitrogen and oxygen atoms in total. The molecule has 0 aromatic heterocycles. The summed E-state index contributed by atoms with van der Waals surface area (Å²) in [5.41, 5.74) is 2.33. The van der Waals surface area contributed by atoms with Crippen molar-refractivity contribution in [3.63, 3.8) is 0 Å². The van der Waals surface area contributed by atoms with E-state index >= 15 is 0 Å². The molecule has 0 heterocycles. The van der Waals surface area contributed by atoms with Crippen molar-refractivity contribution in [3.05, 3.63) is 53.3 Å². The van der Waals surface area contributed by atoms with Gasteiger partial charge >= 0.3 is 0 Å². The topological polar surface area (TPSA) is 27.7 Å². The summed E-state index contributed by atoms with van der Waals surface area (Å²) in [6.45, 7) is 4.11. The maximum Gasteiger partial charge on any atom is 0.147 e. The Hall–Kier alpha value is 1.36. The first kappa shape index (κ1) is 38.5. The summed E-state index contributed by atoms with van der Waals surface area (Å²) in [7, 11) is 0. The second-order valence-electron chi connectivity index (χ2n) is 10.2. The molecular weight excluding hydrogens is 980 g/mol. The molecule has 2 rings (SSSR count). The Morgan fingerprint density at radius 1 is 0.610 bits per heavy atom. The first-order valence-electron chi connectivity index (χ1n) is 14.4. The van der Waals surface area contributed by atoms with E-state index in [0.29, 0.717) is 13.2 Å². The van der Waals surface area contributed by atoms with E-state index in [1.165, 1.54) is 63.4 Å². The fraction of sp³-hybridized carbons (Fsp3) is 0.613. The second-order valence-corrected chi connectivity index (χ2v) is 16.2. The fourth-order valence-corrected chi connectivity index (χ4v) is 8.02. The fourth-order valence-electron chi connectivity index (χ4n) is 4.31. The van der Waals surface area contributed by atoms with Gasteiger partial charge in [-0.15, -0.1) is 0 Å². The lowest BCUT2D eigenvalue weighted by atomic mass is 10.0. The molecule has 10 heteroatoms. The number of rotatable bonds is 22. The van der Waals surface area contributed by atoms with E-state index in [1.54, 1.807) is 0 Å². The molecule has 2 aromatic rings. The Morgan fingerprint density at radius 2 is 1.05 bits per heavy atom. The molecule has 0 fully saturated rings. The summed E-state index contributed by atoms with van der Waals surface area (Å²) in [4.78, 5) is 0.248. The molecule has 0 saturated carbocycles. The maximum atomic E-state index is 6.20. The van der Waals surface area contributed by atoms with E-state index in [2.05, 4.69) is 143 Å². The normalized spacial score (nSPS) is 12.9. The minimum absolute atomic E-state index is 0.0109. The molecule has 0 aliphatic heterocycles. The largest absolute Gasteiger partial charge is 0.490 e. The summed E-state index contributed by atoms with van der Waals surface area (Å²) >= 11 is 25.4. The SMILES string of the molecule is CCCCCCCCCCCCOC(CBr)COc1c(Br)cc(Cc2cc(Br)c(OCC(Br)CBr)c(Br)c2)cc1Br. The highest BCUT2D eigenvalue weighted by Crippen LogP contribution is 2.38. The summed E-state index contributed by atoms with van der Waals surface area (Å²) in [5.74, 6) is 1.60. The average molecular weight is 1020 g/mol. The van der Waals surface area contributed by atoms with E-state index in [1.807, 2.05) is 0 Å². The molecular formula is C31H41Br7O3. The van der Waals surface area contributed by atoms with Gasteiger partial charge < -0.3 is 14.2 Å². The first-order valence-corrected chi connectivity index (χ1v) is 20.7. The number of hydrogen-bond donors (Lipinski definition) is 0. The molecule has 0 aliphatic carbocycles. The molecule has 232 valence electrons. The first-order chi connectivity index (χ1) is 19.8. The minimum atomic E-state index is 0.0109. The van der Waals surface area contributed by atoms with Crippen LogP contribution in [0.25, 0.3) is 0 Å². The van der Waals surface area contributed by atoms with Crippen LogP contribution in [0.15, 0.2) is 42.2 Å². The smallest absolute Gasteiger partial charge is 0.147 e. The number of halogens is 7. The summed E-state index contributed by atoms with van der Waals surface area (Å²) in [6.07, 6.45) is 14.0. The van der Waals surface area contributed by atoms with E-state index < -0.39 is 0 Å². The zero-order valence-electron chi connectivity index (χ0n) is 23.6. The molecule has 0 saturated heterocycles. The predicted molar refractivity (Wildman–Crippen MR) is 199 cm³/mol. The zero-order chi connectivity index (χ0) is 30.0. The van der Waals surface area contributed by atoms with Gasteiger partial charge in [0.05, 0.1) is 22.7 Å². The third kappa shape index (κ3) is 15.5. The molecule has 0 amide bonds. The Bertz CT molecular complexity index is 975. The molecule has 0 aliphatic rings. The van der Waals surface area contributed by atoms with Crippen molar-refractivity contribution in [2.24, 2.45) is 0 Å². The monoisotopic (exact) mass is 1010 g/mol. The quantitative estimate of drug-likeness (QED) is 0.0869. The van der Waals surface area contributed by atoms with Gasteiger partial charge in [-0.05, 0) is 112 Å². The number of unbranched alkanes of at least 4 members (excludes halogenated alkanes) is 9. The van der Waals surface area contributed by atoms with Crippen LogP contribution in [0.5, 0.6) is 11.5 Å². The molecule has 0 spiro atoms. The van der Waals surface area contributed by atoms with Gasteiger partial charge in [0, 0.05) is 17.3 Å². The summed E-state index contributed by atoms with van der Waals surface area (Å²) in [5, 5.41) is 1.57. The van der Waals surface area contributed by atoms with Gasteiger partial charge in [-0.3, -0.25) is 0 Å². The van der Waals surface area contributed by atoms with Gasteiger partial charge in [0.1, 0.15) is 30.8 Å². The Morgan fingerprint density at radius 3 is 1.49 bits per heavy atom. The molecule has 0 radical (unpaired) electrons. The van der Waals surface area contributed by atoms with Crippen LogP contribution in [0.4, 0.5) is 0 Å². The summed E-state index contributed by atoms with van der Waals surface area (Å²) in [6, 6.07) is 8.45. The zero-order valence-corrected chi connectivity index (χ0v) is 34.8. The maximum absolute atomic E-state index is 6.20. The molecule has 41 heavy (non-hydrogen) atoms. The van der Waals surface area contributed by atoms with Crippen molar-refractivity contribution in [2.45, 2.75) is 88.5 Å². The average Bonchev–Trinajstić information content (AvgIpc) is 2.93. The second kappa shape index (κ2) is 22.8. The highest BCUT2D eigenvalue weighted by Gasteiger charge is 2.16. The van der Waals surface area contributed by atoms with Crippen LogP contribution in [-0.4, -0.2) is 41.4 Å². The minimum Gasteiger partial charge on any atom is -0.490 e. The number of alkyl halides is 3. The van der Waals surface area contributed by atoms with Gasteiger partial charge in [0.15, 0.2) is 0 Å². The van der Waals surface area contributed by atoms with Crippen LogP contribution >= 0.6 is 112 Å². The van der Waals surface area contributed by atoms with Gasteiger partial charge in [-0.1, -0.05) is 113 Å². The molecule has 2 atom stereocenters. The molecule has 0 bridgehead atoms. The lowest BCUT2D eigenvalue weighted by molar-refractivity contribution is 0.0335. The third-order valence-electron chi connectivity index (χ3n) is 6.54. The van der Waals surface area contributed by atoms with E-state index in [0.717, 1.165) is 65.1 Å². The third-order valence-corrected chi connectivity index (χ3v) is 11.9. The lowest BCUT2D eigenvalue weighted by Crippen LogP contribution is -2.24. The molecule has 2 aromatic carbocycles. The van der Waals surface area contributed by atoms with Gasteiger partial charge in [0.2, 0.25) is 0 Å². The van der Waals surface area contributed by atoms with Crippen LogP contribution in [-0.2, 0) is 11.2 Å². The Kier molecular flexibility index (Phi) is 21.4. The van der Waals surface area contributed by atoms with Crippen molar-refractivity contribution in [1.82, 2.24) is 0 Å². The standard InChI is InChI=1S/C31H41Br7O3/c1-2-3-4-5-6-7-8-9-10-11-12-39-25(19-33)21-41-31-28(37)16-23(17-29(31)38)13-22-14-26(35)30(27(36)15-22)40-20-24(34)18-32/h14-17,24-25H,2-13,18-21H2,1H3. The molecule has 2 unspecified atom stereocenters. The number of hydrogen-bond acceptors (Lipinski definition) is 3. The van der Waals surface area contributed by atoms with Crippen molar-refractivity contribution >= 4 is 112 Å². The van der Waals surface area contributed by atoms with Crippen LogP contribution in [0.2, 0.25) is 0 Å². The van der Waals surface area contributed by atoms with Crippen molar-refractivity contribution < 1.29 is 14.2 Å². The van der Waals surface area contributed by atoms with Crippen LogP contribution in [0.1, 0.15) is 82.3 Å². The number of ether oxygens (including phenoxy) is 3. The van der Waals surface area contributed by atoms with E-state index in [-0.39, 0.29) is 10.9 Å². The van der Waals surface area contributed by atoms with Gasteiger partial charge in [0.25, 0.3) is 0 Å². The van der Waals surface area contributed by atoms with Crippen LogP contribution < -0.4 is 9.47 Å². The predicted octanol–water partition coefficient (Wildman–Crippen LogP) is 12.9. The Labute approximate surface area is 306 Å². The highest BCUT2D eigenvalue weighted by atomic mass is 79.9.